The van der Waals surface area contributed by atoms with Crippen molar-refractivity contribution in [1.82, 2.24) is 4.57 Å². The lowest BCUT2D eigenvalue weighted by atomic mass is 10.2. The molecule has 0 unspecified atom stereocenters. The molecule has 0 aliphatic carbocycles. The van der Waals surface area contributed by atoms with Crippen LogP contribution in [0.1, 0.15) is 27.6 Å². The molecule has 3 aromatic carbocycles. The van der Waals surface area contributed by atoms with E-state index in [9.17, 15) is 18.0 Å². The van der Waals surface area contributed by atoms with Crippen LogP contribution in [0.2, 0.25) is 5.02 Å². The molecule has 4 aromatic rings. The number of rotatable bonds is 6. The molecule has 11 heteroatoms. The highest BCUT2D eigenvalue weighted by Gasteiger charge is 2.15. The molecule has 0 aliphatic heterocycles. The molecule has 35 heavy (non-hydrogen) atoms. The molecular formula is C24H20ClN3O5S2. The summed E-state index contributed by atoms with van der Waals surface area (Å²) in [7, 11) is -2.48. The highest BCUT2D eigenvalue weighted by atomic mass is 35.5. The molecule has 180 valence electrons. The van der Waals surface area contributed by atoms with Gasteiger partial charge in [0.05, 0.1) is 27.8 Å². The number of halogens is 1. The number of anilines is 1. The Morgan fingerprint density at radius 1 is 1.03 bits per heavy atom. The molecule has 1 amide bonds. The number of hydrogen-bond acceptors (Lipinski definition) is 6. The summed E-state index contributed by atoms with van der Waals surface area (Å²) in [6.07, 6.45) is 0. The fourth-order valence-electron chi connectivity index (χ4n) is 3.37. The number of aromatic nitrogens is 1. The second-order valence-electron chi connectivity index (χ2n) is 7.36. The molecule has 0 spiro atoms. The maximum absolute atomic E-state index is 12.8. The van der Waals surface area contributed by atoms with Gasteiger partial charge in [-0.15, -0.1) is 0 Å². The minimum Gasteiger partial charge on any atom is -0.465 e. The number of methoxy groups -OCH3 is 1. The number of hydrogen-bond donors (Lipinski definition) is 1. The lowest BCUT2D eigenvalue weighted by Gasteiger charge is -2.08. The SMILES string of the molecule is CCn1c(=NC(=O)c2ccc(NS(=O)(=O)c3ccc(Cl)cc3)cc2)sc2cc(C(=O)OC)ccc21. The number of nitrogens with zero attached hydrogens (tertiary/aromatic N) is 2. The maximum Gasteiger partial charge on any atom is 0.337 e. The summed E-state index contributed by atoms with van der Waals surface area (Å²) in [4.78, 5) is 29.5. The van der Waals surface area contributed by atoms with Crippen LogP contribution in [0, 0.1) is 0 Å². The summed E-state index contributed by atoms with van der Waals surface area (Å²) in [5, 5.41) is 0.433. The van der Waals surface area contributed by atoms with Gasteiger partial charge in [-0.3, -0.25) is 9.52 Å². The van der Waals surface area contributed by atoms with Gasteiger partial charge < -0.3 is 9.30 Å². The first-order chi connectivity index (χ1) is 16.7. The van der Waals surface area contributed by atoms with Gasteiger partial charge in [0.1, 0.15) is 0 Å². The van der Waals surface area contributed by atoms with Crippen LogP contribution in [0.5, 0.6) is 0 Å². The van der Waals surface area contributed by atoms with E-state index in [-0.39, 0.29) is 4.90 Å². The van der Waals surface area contributed by atoms with Crippen LogP contribution >= 0.6 is 22.9 Å². The third-order valence-electron chi connectivity index (χ3n) is 5.13. The van der Waals surface area contributed by atoms with Gasteiger partial charge in [0.15, 0.2) is 4.80 Å². The van der Waals surface area contributed by atoms with E-state index in [1.54, 1.807) is 18.2 Å². The number of sulfonamides is 1. The van der Waals surface area contributed by atoms with Gasteiger partial charge in [-0.25, -0.2) is 13.2 Å². The van der Waals surface area contributed by atoms with Crippen molar-refractivity contribution in [1.29, 1.82) is 0 Å². The molecule has 0 radical (unpaired) electrons. The first-order valence-electron chi connectivity index (χ1n) is 10.4. The van der Waals surface area contributed by atoms with Crippen molar-refractivity contribution in [2.75, 3.05) is 11.8 Å². The number of thiazole rings is 1. The number of benzene rings is 3. The Bertz CT molecular complexity index is 1590. The van der Waals surface area contributed by atoms with Crippen molar-refractivity contribution >= 4 is 60.7 Å². The van der Waals surface area contributed by atoms with Crippen LogP contribution in [0.3, 0.4) is 0 Å². The van der Waals surface area contributed by atoms with E-state index in [1.807, 2.05) is 11.5 Å². The second kappa shape index (κ2) is 10.0. The molecule has 8 nitrogen and oxygen atoms in total. The lowest BCUT2D eigenvalue weighted by Crippen LogP contribution is -2.16. The Hall–Kier alpha value is -3.47. The fourth-order valence-corrected chi connectivity index (χ4v) is 5.69. The van der Waals surface area contributed by atoms with E-state index in [2.05, 4.69) is 9.71 Å². The largest absolute Gasteiger partial charge is 0.465 e. The van der Waals surface area contributed by atoms with E-state index >= 15 is 0 Å². The van der Waals surface area contributed by atoms with Crippen LogP contribution in [0.15, 0.2) is 76.6 Å². The van der Waals surface area contributed by atoms with Crippen LogP contribution in [0.25, 0.3) is 10.2 Å². The molecular weight excluding hydrogens is 510 g/mol. The Morgan fingerprint density at radius 2 is 1.69 bits per heavy atom. The van der Waals surface area contributed by atoms with Gasteiger partial charge in [0.2, 0.25) is 0 Å². The highest BCUT2D eigenvalue weighted by Crippen LogP contribution is 2.21. The Kier molecular flexibility index (Phi) is 7.06. The zero-order chi connectivity index (χ0) is 25.2. The minimum absolute atomic E-state index is 0.0706. The Labute approximate surface area is 210 Å². The lowest BCUT2D eigenvalue weighted by molar-refractivity contribution is 0.0600. The van der Waals surface area contributed by atoms with E-state index < -0.39 is 21.9 Å². The average Bonchev–Trinajstić information content (AvgIpc) is 3.19. The number of nitrogens with one attached hydrogen (secondary N) is 1. The molecule has 0 saturated carbocycles. The summed E-state index contributed by atoms with van der Waals surface area (Å²) in [5.41, 5.74) is 1.87. The number of carbonyl (C=O) groups is 2. The van der Waals surface area contributed by atoms with Crippen molar-refractivity contribution in [2.24, 2.45) is 4.99 Å². The summed E-state index contributed by atoms with van der Waals surface area (Å²) in [6.45, 7) is 2.51. The van der Waals surface area contributed by atoms with Gasteiger partial charge in [0.25, 0.3) is 15.9 Å². The predicted molar refractivity (Wildman–Crippen MR) is 135 cm³/mol. The van der Waals surface area contributed by atoms with Gasteiger partial charge in [-0.2, -0.15) is 4.99 Å². The maximum atomic E-state index is 12.8. The highest BCUT2D eigenvalue weighted by molar-refractivity contribution is 7.92. The molecule has 0 saturated heterocycles. The van der Waals surface area contributed by atoms with E-state index in [4.69, 9.17) is 16.3 Å². The molecule has 1 N–H and O–H groups in total. The third-order valence-corrected chi connectivity index (χ3v) is 7.82. The van der Waals surface area contributed by atoms with Gasteiger partial charge in [-0.05, 0) is 73.7 Å². The number of aryl methyl sites for hydroxylation is 1. The number of ether oxygens (including phenoxy) is 1. The standard InChI is InChI=1S/C24H20ClN3O5S2/c1-3-28-20-13-6-16(23(30)33-2)14-21(20)34-24(28)26-22(29)15-4-9-18(10-5-15)27-35(31,32)19-11-7-17(25)8-12-19/h4-14,27H,3H2,1-2H3. The number of fused-ring (bicyclic) bond motifs is 1. The zero-order valence-corrected chi connectivity index (χ0v) is 21.1. The van der Waals surface area contributed by atoms with Crippen LogP contribution in [0.4, 0.5) is 5.69 Å². The normalized spacial score (nSPS) is 12.0. The summed E-state index contributed by atoms with van der Waals surface area (Å²) >= 11 is 7.11. The predicted octanol–water partition coefficient (Wildman–Crippen LogP) is 4.70. The molecule has 0 fully saturated rings. The molecule has 0 aliphatic rings. The number of esters is 1. The van der Waals surface area contributed by atoms with Crippen molar-refractivity contribution < 1.29 is 22.7 Å². The van der Waals surface area contributed by atoms with E-state index in [0.717, 1.165) is 10.2 Å². The number of amides is 1. The van der Waals surface area contributed by atoms with Gasteiger partial charge in [0, 0.05) is 22.8 Å². The monoisotopic (exact) mass is 529 g/mol. The molecule has 0 bridgehead atoms. The van der Waals surface area contributed by atoms with Crippen LogP contribution in [-0.2, 0) is 21.3 Å². The first-order valence-corrected chi connectivity index (χ1v) is 13.1. The number of carbonyl (C=O) groups excluding carboxylic acids is 2. The Balaban J connectivity index is 1.59. The van der Waals surface area contributed by atoms with Crippen LogP contribution < -0.4 is 9.52 Å². The van der Waals surface area contributed by atoms with Crippen LogP contribution in [-0.4, -0.2) is 32.0 Å². The van der Waals surface area contributed by atoms with E-state index in [0.29, 0.717) is 33.2 Å². The second-order valence-corrected chi connectivity index (χ2v) is 10.5. The zero-order valence-electron chi connectivity index (χ0n) is 18.7. The van der Waals surface area contributed by atoms with Crippen molar-refractivity contribution in [3.05, 3.63) is 87.7 Å². The minimum atomic E-state index is -3.80. The summed E-state index contributed by atoms with van der Waals surface area (Å²) in [5.74, 6) is -0.913. The molecule has 1 heterocycles. The first kappa shape index (κ1) is 24.6. The topological polar surface area (TPSA) is 107 Å². The van der Waals surface area contributed by atoms with Gasteiger partial charge in [-0.1, -0.05) is 22.9 Å². The van der Waals surface area contributed by atoms with Gasteiger partial charge >= 0.3 is 5.97 Å². The average molecular weight is 530 g/mol. The Morgan fingerprint density at radius 3 is 2.31 bits per heavy atom. The smallest absolute Gasteiger partial charge is 0.337 e. The molecule has 1 aromatic heterocycles. The van der Waals surface area contributed by atoms with Crippen molar-refractivity contribution in [3.63, 3.8) is 0 Å². The van der Waals surface area contributed by atoms with E-state index in [1.165, 1.54) is 67.0 Å². The molecule has 0 atom stereocenters. The third kappa shape index (κ3) is 5.29. The quantitative estimate of drug-likeness (QED) is 0.364. The summed E-state index contributed by atoms with van der Waals surface area (Å²) < 4.78 is 35.0. The fraction of sp³-hybridized carbons (Fsp3) is 0.125. The summed E-state index contributed by atoms with van der Waals surface area (Å²) in [6, 6.07) is 17.0. The van der Waals surface area contributed by atoms with Crippen molar-refractivity contribution in [2.45, 2.75) is 18.4 Å². The van der Waals surface area contributed by atoms with Crippen molar-refractivity contribution in [3.8, 4) is 0 Å². The molecule has 4 rings (SSSR count).